The summed E-state index contributed by atoms with van der Waals surface area (Å²) in [6.45, 7) is 3.59. The van der Waals surface area contributed by atoms with Gasteiger partial charge in [0.2, 0.25) is 11.8 Å². The third-order valence-corrected chi connectivity index (χ3v) is 4.08. The monoisotopic (exact) mass is 319 g/mol. The highest BCUT2D eigenvalue weighted by atomic mass is 16.6. The number of ether oxygens (including phenoxy) is 2. The average molecular weight is 319 g/mol. The number of hydrogen-bond donors (Lipinski definition) is 2. The van der Waals surface area contributed by atoms with E-state index in [1.165, 1.54) is 0 Å². The first-order valence-electron chi connectivity index (χ1n) is 7.79. The van der Waals surface area contributed by atoms with E-state index < -0.39 is 0 Å². The zero-order valence-corrected chi connectivity index (χ0v) is 13.1. The minimum absolute atomic E-state index is 0.0674. The molecule has 0 spiro atoms. The van der Waals surface area contributed by atoms with Gasteiger partial charge in [-0.05, 0) is 19.1 Å². The van der Waals surface area contributed by atoms with E-state index in [1.807, 2.05) is 13.0 Å². The Balaban J connectivity index is 1.71. The lowest BCUT2D eigenvalue weighted by atomic mass is 10.1. The van der Waals surface area contributed by atoms with E-state index in [0.717, 1.165) is 5.69 Å². The van der Waals surface area contributed by atoms with Crippen LogP contribution in [0.1, 0.15) is 13.3 Å². The van der Waals surface area contributed by atoms with Crippen molar-refractivity contribution in [3.05, 3.63) is 18.2 Å². The maximum Gasteiger partial charge on any atom is 0.227 e. The smallest absolute Gasteiger partial charge is 0.227 e. The van der Waals surface area contributed by atoms with Gasteiger partial charge in [0.25, 0.3) is 0 Å². The van der Waals surface area contributed by atoms with Crippen LogP contribution in [0, 0.1) is 5.92 Å². The molecule has 2 atom stereocenters. The average Bonchev–Trinajstić information content (AvgIpc) is 2.96. The number of fused-ring (bicyclic) bond motifs is 1. The zero-order valence-electron chi connectivity index (χ0n) is 13.1. The molecule has 3 rings (SSSR count). The summed E-state index contributed by atoms with van der Waals surface area (Å²) in [6.07, 6.45) is 0.206. The summed E-state index contributed by atoms with van der Waals surface area (Å²) < 4.78 is 11.0. The van der Waals surface area contributed by atoms with E-state index in [9.17, 15) is 9.59 Å². The molecule has 1 aromatic rings. The first-order chi connectivity index (χ1) is 11.1. The van der Waals surface area contributed by atoms with Crippen molar-refractivity contribution >= 4 is 17.5 Å². The van der Waals surface area contributed by atoms with Crippen LogP contribution >= 0.6 is 0 Å². The number of anilines is 1. The molecule has 2 amide bonds. The van der Waals surface area contributed by atoms with Gasteiger partial charge in [0, 0.05) is 37.3 Å². The summed E-state index contributed by atoms with van der Waals surface area (Å²) in [5, 5.41) is 2.83. The second-order valence-electron chi connectivity index (χ2n) is 5.88. The molecule has 124 valence electrons. The summed E-state index contributed by atoms with van der Waals surface area (Å²) >= 11 is 0. The molecule has 0 aliphatic carbocycles. The molecular formula is C16H21N3O4. The van der Waals surface area contributed by atoms with Crippen molar-refractivity contribution in [1.82, 2.24) is 5.32 Å². The summed E-state index contributed by atoms with van der Waals surface area (Å²) in [7, 11) is 0. The van der Waals surface area contributed by atoms with Crippen molar-refractivity contribution in [3.63, 3.8) is 0 Å². The van der Waals surface area contributed by atoms with Gasteiger partial charge in [0.1, 0.15) is 13.2 Å². The molecule has 1 unspecified atom stereocenters. The molecule has 2 aliphatic rings. The fourth-order valence-electron chi connectivity index (χ4n) is 2.75. The second-order valence-corrected chi connectivity index (χ2v) is 5.88. The zero-order chi connectivity index (χ0) is 16.4. The predicted octanol–water partition coefficient (Wildman–Crippen LogP) is 0.274. The van der Waals surface area contributed by atoms with Crippen LogP contribution in [0.4, 0.5) is 5.69 Å². The first-order valence-corrected chi connectivity index (χ1v) is 7.79. The minimum atomic E-state index is -0.357. The minimum Gasteiger partial charge on any atom is -0.486 e. The molecule has 7 heteroatoms. The first kappa shape index (κ1) is 15.6. The fourth-order valence-corrected chi connectivity index (χ4v) is 2.75. The molecule has 3 N–H and O–H groups in total. The normalized spacial score (nSPS) is 21.2. The topological polar surface area (TPSA) is 93.9 Å². The van der Waals surface area contributed by atoms with Crippen molar-refractivity contribution in [2.24, 2.45) is 11.7 Å². The molecule has 7 nitrogen and oxygen atoms in total. The maximum absolute atomic E-state index is 12.3. The Morgan fingerprint density at radius 2 is 2.13 bits per heavy atom. The molecule has 1 fully saturated rings. The number of nitrogens with zero attached hydrogens (tertiary/aromatic N) is 1. The van der Waals surface area contributed by atoms with E-state index in [1.54, 1.807) is 17.0 Å². The summed E-state index contributed by atoms with van der Waals surface area (Å²) in [4.78, 5) is 26.1. The Bertz CT molecular complexity index is 619. The summed E-state index contributed by atoms with van der Waals surface area (Å²) in [5.74, 6) is 0.757. The number of rotatable bonds is 4. The predicted molar refractivity (Wildman–Crippen MR) is 84.6 cm³/mol. The quantitative estimate of drug-likeness (QED) is 0.831. The molecule has 0 bridgehead atoms. The maximum atomic E-state index is 12.3. The van der Waals surface area contributed by atoms with Crippen molar-refractivity contribution in [2.45, 2.75) is 19.4 Å². The van der Waals surface area contributed by atoms with Gasteiger partial charge >= 0.3 is 0 Å². The van der Waals surface area contributed by atoms with Crippen molar-refractivity contribution in [3.8, 4) is 11.5 Å². The van der Waals surface area contributed by atoms with Gasteiger partial charge in [0.15, 0.2) is 11.5 Å². The number of carbonyl (C=O) groups is 2. The van der Waals surface area contributed by atoms with Gasteiger partial charge in [0.05, 0.1) is 5.92 Å². The molecule has 0 aromatic heterocycles. The molecule has 0 saturated carbocycles. The third-order valence-electron chi connectivity index (χ3n) is 4.08. The Hall–Kier alpha value is -2.28. The van der Waals surface area contributed by atoms with Crippen LogP contribution < -0.4 is 25.4 Å². The fraction of sp³-hybridized carbons (Fsp3) is 0.500. The summed E-state index contributed by atoms with van der Waals surface area (Å²) in [5.41, 5.74) is 6.24. The standard InChI is InChI=1S/C16H21N3O4/c1-10(8-17)18-16(21)11-6-15(20)19(9-11)12-2-3-13-14(7-12)23-5-4-22-13/h2-3,7,10-11H,4-6,8-9,17H2,1H3,(H,18,21)/t10-,11?/m0/s1. The van der Waals surface area contributed by atoms with Gasteiger partial charge in [-0.25, -0.2) is 0 Å². The Labute approximate surface area is 134 Å². The number of amides is 2. The number of hydrogen-bond acceptors (Lipinski definition) is 5. The summed E-state index contributed by atoms with van der Waals surface area (Å²) in [6, 6.07) is 5.30. The number of nitrogens with one attached hydrogen (secondary N) is 1. The van der Waals surface area contributed by atoms with Gasteiger partial charge < -0.3 is 25.4 Å². The van der Waals surface area contributed by atoms with Crippen LogP contribution in [0.15, 0.2) is 18.2 Å². The van der Waals surface area contributed by atoms with E-state index in [2.05, 4.69) is 5.32 Å². The van der Waals surface area contributed by atoms with Gasteiger partial charge in [-0.3, -0.25) is 9.59 Å². The lowest BCUT2D eigenvalue weighted by Gasteiger charge is -2.22. The number of nitrogens with two attached hydrogens (primary N) is 1. The van der Waals surface area contributed by atoms with Crippen molar-refractivity contribution in [2.75, 3.05) is 31.2 Å². The third kappa shape index (κ3) is 3.24. The van der Waals surface area contributed by atoms with Gasteiger partial charge in [-0.15, -0.1) is 0 Å². The van der Waals surface area contributed by atoms with Crippen molar-refractivity contribution in [1.29, 1.82) is 0 Å². The molecule has 23 heavy (non-hydrogen) atoms. The Morgan fingerprint density at radius 3 is 2.87 bits per heavy atom. The van der Waals surface area contributed by atoms with Crippen LogP contribution in [0.2, 0.25) is 0 Å². The van der Waals surface area contributed by atoms with E-state index in [0.29, 0.717) is 37.8 Å². The van der Waals surface area contributed by atoms with E-state index in [4.69, 9.17) is 15.2 Å². The van der Waals surface area contributed by atoms with Crippen LogP contribution in [-0.2, 0) is 9.59 Å². The molecule has 1 aromatic carbocycles. The molecule has 0 radical (unpaired) electrons. The highest BCUT2D eigenvalue weighted by molar-refractivity contribution is 6.00. The molecule has 1 saturated heterocycles. The largest absolute Gasteiger partial charge is 0.486 e. The Kier molecular flexibility index (Phi) is 4.38. The number of benzene rings is 1. The number of carbonyl (C=O) groups excluding carboxylic acids is 2. The lowest BCUT2D eigenvalue weighted by molar-refractivity contribution is -0.126. The highest BCUT2D eigenvalue weighted by Gasteiger charge is 2.35. The van der Waals surface area contributed by atoms with Crippen molar-refractivity contribution < 1.29 is 19.1 Å². The van der Waals surface area contributed by atoms with E-state index >= 15 is 0 Å². The van der Waals surface area contributed by atoms with Crippen LogP contribution in [0.3, 0.4) is 0 Å². The van der Waals surface area contributed by atoms with Gasteiger partial charge in [-0.1, -0.05) is 0 Å². The molecule has 2 heterocycles. The van der Waals surface area contributed by atoms with Crippen LogP contribution in [-0.4, -0.2) is 44.2 Å². The van der Waals surface area contributed by atoms with E-state index in [-0.39, 0.29) is 30.2 Å². The second kappa shape index (κ2) is 6.45. The SMILES string of the molecule is C[C@@H](CN)NC(=O)C1CC(=O)N(c2ccc3c(c2)OCCO3)C1. The molecular weight excluding hydrogens is 298 g/mol. The Morgan fingerprint density at radius 1 is 1.39 bits per heavy atom. The lowest BCUT2D eigenvalue weighted by Crippen LogP contribution is -2.41. The van der Waals surface area contributed by atoms with Crippen LogP contribution in [0.5, 0.6) is 11.5 Å². The molecule has 2 aliphatic heterocycles. The van der Waals surface area contributed by atoms with Gasteiger partial charge in [-0.2, -0.15) is 0 Å². The van der Waals surface area contributed by atoms with Crippen LogP contribution in [0.25, 0.3) is 0 Å². The highest BCUT2D eigenvalue weighted by Crippen LogP contribution is 2.35.